The van der Waals surface area contributed by atoms with E-state index in [1.807, 2.05) is 6.07 Å². The Kier molecular flexibility index (Phi) is 4.32. The van der Waals surface area contributed by atoms with E-state index in [-0.39, 0.29) is 11.4 Å². The van der Waals surface area contributed by atoms with Gasteiger partial charge in [0, 0.05) is 36.5 Å². The Bertz CT molecular complexity index is 471. The van der Waals surface area contributed by atoms with Crippen LogP contribution in [0.25, 0.3) is 0 Å². The first kappa shape index (κ1) is 14.2. The summed E-state index contributed by atoms with van der Waals surface area (Å²) in [5.41, 5.74) is 1.14. The van der Waals surface area contributed by atoms with Crippen molar-refractivity contribution in [1.29, 1.82) is 0 Å². The van der Waals surface area contributed by atoms with Crippen molar-refractivity contribution in [1.82, 2.24) is 5.32 Å². The number of carbonyl (C=O) groups is 1. The number of nitrogens with one attached hydrogen (secondary N) is 2. The summed E-state index contributed by atoms with van der Waals surface area (Å²) < 4.78 is 5.33. The lowest BCUT2D eigenvalue weighted by molar-refractivity contribution is 0.0423. The van der Waals surface area contributed by atoms with Crippen molar-refractivity contribution < 1.29 is 9.53 Å². The molecule has 4 nitrogen and oxygen atoms in total. The van der Waals surface area contributed by atoms with E-state index >= 15 is 0 Å². The fourth-order valence-corrected chi connectivity index (χ4v) is 2.38. The Morgan fingerprint density at radius 2 is 2.05 bits per heavy atom. The number of ether oxygens (including phenoxy) is 1. The van der Waals surface area contributed by atoms with Crippen LogP contribution >= 0.6 is 11.6 Å². The Hall–Kier alpha value is -1.26. The molecule has 5 heteroatoms. The van der Waals surface area contributed by atoms with E-state index in [9.17, 15) is 4.79 Å². The molecule has 0 atom stereocenters. The molecule has 0 bridgehead atoms. The molecule has 2 N–H and O–H groups in total. The number of hydrogen-bond acceptors (Lipinski definition) is 3. The van der Waals surface area contributed by atoms with Crippen LogP contribution in [0.4, 0.5) is 5.69 Å². The Balaban J connectivity index is 2.17. The van der Waals surface area contributed by atoms with Gasteiger partial charge >= 0.3 is 0 Å². The minimum atomic E-state index is -0.206. The number of anilines is 1. The number of hydrogen-bond donors (Lipinski definition) is 2. The Morgan fingerprint density at radius 3 is 2.68 bits per heavy atom. The molecule has 1 aliphatic heterocycles. The first-order valence-electron chi connectivity index (χ1n) is 6.42. The molecule has 1 aromatic rings. The highest BCUT2D eigenvalue weighted by Crippen LogP contribution is 2.24. The molecule has 0 spiro atoms. The van der Waals surface area contributed by atoms with E-state index in [4.69, 9.17) is 16.3 Å². The molecule has 1 fully saturated rings. The number of rotatable bonds is 3. The number of carbonyl (C=O) groups excluding carboxylic acids is 1. The van der Waals surface area contributed by atoms with Crippen molar-refractivity contribution in [2.75, 3.05) is 25.6 Å². The summed E-state index contributed by atoms with van der Waals surface area (Å²) in [7, 11) is 1.79. The summed E-state index contributed by atoms with van der Waals surface area (Å²) in [5.74, 6) is -0.101. The minimum absolute atomic E-state index is 0.101. The summed E-state index contributed by atoms with van der Waals surface area (Å²) in [4.78, 5) is 12.4. The summed E-state index contributed by atoms with van der Waals surface area (Å²) >= 11 is 5.97. The standard InChI is InChI=1S/C14H19ClN2O2/c1-14(5-7-19-8-6-14)17-13(18)11-9-10(15)3-4-12(11)16-2/h3-4,9,16H,5-8H2,1-2H3,(H,17,18). The molecule has 1 amide bonds. The first-order valence-corrected chi connectivity index (χ1v) is 6.79. The van der Waals surface area contributed by atoms with Crippen molar-refractivity contribution in [3.63, 3.8) is 0 Å². The van der Waals surface area contributed by atoms with Crippen LogP contribution in [0.1, 0.15) is 30.1 Å². The number of benzene rings is 1. The van der Waals surface area contributed by atoms with Gasteiger partial charge in [0.25, 0.3) is 5.91 Å². The van der Waals surface area contributed by atoms with E-state index in [0.717, 1.165) is 18.5 Å². The van der Waals surface area contributed by atoms with Crippen LogP contribution in [-0.4, -0.2) is 31.7 Å². The fraction of sp³-hybridized carbons (Fsp3) is 0.500. The second kappa shape index (κ2) is 5.80. The number of amides is 1. The van der Waals surface area contributed by atoms with Crippen LogP contribution in [0.2, 0.25) is 5.02 Å². The highest BCUT2D eigenvalue weighted by atomic mass is 35.5. The second-order valence-electron chi connectivity index (χ2n) is 5.07. The SMILES string of the molecule is CNc1ccc(Cl)cc1C(=O)NC1(C)CCOCC1. The van der Waals surface area contributed by atoms with Gasteiger partial charge < -0.3 is 15.4 Å². The van der Waals surface area contributed by atoms with Crippen LogP contribution in [0, 0.1) is 0 Å². The van der Waals surface area contributed by atoms with Crippen LogP contribution in [0.5, 0.6) is 0 Å². The maximum Gasteiger partial charge on any atom is 0.253 e. The third kappa shape index (κ3) is 3.39. The predicted octanol–water partition coefficient (Wildman–Crippen LogP) is 2.68. The van der Waals surface area contributed by atoms with E-state index in [1.165, 1.54) is 0 Å². The molecule has 1 heterocycles. The monoisotopic (exact) mass is 282 g/mol. The third-order valence-corrected chi connectivity index (χ3v) is 3.74. The lowest BCUT2D eigenvalue weighted by Crippen LogP contribution is -2.49. The lowest BCUT2D eigenvalue weighted by Gasteiger charge is -2.34. The van der Waals surface area contributed by atoms with Gasteiger partial charge in [-0.05, 0) is 38.0 Å². The van der Waals surface area contributed by atoms with Gasteiger partial charge in [-0.15, -0.1) is 0 Å². The van der Waals surface area contributed by atoms with Crippen molar-refractivity contribution in [2.45, 2.75) is 25.3 Å². The normalized spacial score (nSPS) is 17.8. The van der Waals surface area contributed by atoms with Gasteiger partial charge in [0.2, 0.25) is 0 Å². The Morgan fingerprint density at radius 1 is 1.37 bits per heavy atom. The summed E-state index contributed by atoms with van der Waals surface area (Å²) in [6.07, 6.45) is 1.66. The van der Waals surface area contributed by atoms with Gasteiger partial charge in [-0.3, -0.25) is 4.79 Å². The molecule has 0 aromatic heterocycles. The maximum absolute atomic E-state index is 12.4. The van der Waals surface area contributed by atoms with E-state index in [0.29, 0.717) is 23.8 Å². The largest absolute Gasteiger partial charge is 0.387 e. The van der Waals surface area contributed by atoms with Crippen LogP contribution in [0.3, 0.4) is 0 Å². The highest BCUT2D eigenvalue weighted by molar-refractivity contribution is 6.31. The van der Waals surface area contributed by atoms with Crippen LogP contribution in [-0.2, 0) is 4.74 Å². The maximum atomic E-state index is 12.4. The van der Waals surface area contributed by atoms with Crippen molar-refractivity contribution in [3.05, 3.63) is 28.8 Å². The topological polar surface area (TPSA) is 50.4 Å². The molecule has 1 aromatic carbocycles. The molecule has 1 saturated heterocycles. The van der Waals surface area contributed by atoms with E-state index in [2.05, 4.69) is 17.6 Å². The smallest absolute Gasteiger partial charge is 0.253 e. The molecule has 0 radical (unpaired) electrons. The zero-order valence-corrected chi connectivity index (χ0v) is 12.0. The highest BCUT2D eigenvalue weighted by Gasteiger charge is 2.29. The molecule has 0 unspecified atom stereocenters. The predicted molar refractivity (Wildman–Crippen MR) is 76.9 cm³/mol. The molecule has 2 rings (SSSR count). The van der Waals surface area contributed by atoms with Gasteiger partial charge in [0.1, 0.15) is 0 Å². The van der Waals surface area contributed by atoms with Gasteiger partial charge in [-0.25, -0.2) is 0 Å². The van der Waals surface area contributed by atoms with E-state index in [1.54, 1.807) is 19.2 Å². The first-order chi connectivity index (χ1) is 9.04. The molecular weight excluding hydrogens is 264 g/mol. The molecule has 1 aliphatic rings. The lowest BCUT2D eigenvalue weighted by atomic mass is 9.92. The summed E-state index contributed by atoms with van der Waals surface area (Å²) in [6.45, 7) is 3.42. The molecule has 19 heavy (non-hydrogen) atoms. The van der Waals surface area contributed by atoms with Crippen molar-refractivity contribution >= 4 is 23.2 Å². The van der Waals surface area contributed by atoms with Crippen LogP contribution in [0.15, 0.2) is 18.2 Å². The summed E-state index contributed by atoms with van der Waals surface area (Å²) in [6, 6.07) is 5.26. The van der Waals surface area contributed by atoms with Gasteiger partial charge in [-0.2, -0.15) is 0 Å². The van der Waals surface area contributed by atoms with Gasteiger partial charge in [0.05, 0.1) is 5.56 Å². The average molecular weight is 283 g/mol. The molecule has 0 saturated carbocycles. The van der Waals surface area contributed by atoms with E-state index < -0.39 is 0 Å². The third-order valence-electron chi connectivity index (χ3n) is 3.51. The zero-order chi connectivity index (χ0) is 13.9. The average Bonchev–Trinajstić information content (AvgIpc) is 2.39. The summed E-state index contributed by atoms with van der Waals surface area (Å²) in [5, 5.41) is 6.66. The zero-order valence-electron chi connectivity index (χ0n) is 11.3. The molecule has 0 aliphatic carbocycles. The van der Waals surface area contributed by atoms with Crippen LogP contribution < -0.4 is 10.6 Å². The fourth-order valence-electron chi connectivity index (χ4n) is 2.21. The molecular formula is C14H19ClN2O2. The minimum Gasteiger partial charge on any atom is -0.387 e. The number of halogens is 1. The Labute approximate surface area is 118 Å². The quantitative estimate of drug-likeness (QED) is 0.896. The molecule has 104 valence electrons. The van der Waals surface area contributed by atoms with Crippen molar-refractivity contribution in [2.24, 2.45) is 0 Å². The van der Waals surface area contributed by atoms with Gasteiger partial charge in [0.15, 0.2) is 0 Å². The second-order valence-corrected chi connectivity index (χ2v) is 5.50. The van der Waals surface area contributed by atoms with Crippen molar-refractivity contribution in [3.8, 4) is 0 Å². The van der Waals surface area contributed by atoms with Gasteiger partial charge in [-0.1, -0.05) is 11.6 Å².